The number of aromatic nitrogens is 2. The maximum atomic E-state index is 11.4. The summed E-state index contributed by atoms with van der Waals surface area (Å²) in [5, 5.41) is 13.3. The maximum Gasteiger partial charge on any atom is 0.279 e. The van der Waals surface area contributed by atoms with Crippen molar-refractivity contribution in [1.82, 2.24) is 19.8 Å². The molecular formula is C48H58N8O6. The Hall–Kier alpha value is -6.12. The zero-order valence-corrected chi connectivity index (χ0v) is 35.5. The molecule has 0 bridgehead atoms. The molecule has 4 aliphatic heterocycles. The van der Waals surface area contributed by atoms with Gasteiger partial charge in [-0.2, -0.15) is 0 Å². The average molecular weight is 843 g/mol. The Bertz CT molecular complexity index is 2450. The van der Waals surface area contributed by atoms with Gasteiger partial charge in [-0.25, -0.2) is 0 Å². The maximum absolute atomic E-state index is 11.4. The average Bonchev–Trinajstić information content (AvgIpc) is 3.94. The fourth-order valence-electron chi connectivity index (χ4n) is 9.29. The van der Waals surface area contributed by atoms with Gasteiger partial charge in [0.05, 0.1) is 15.8 Å². The van der Waals surface area contributed by atoms with E-state index in [0.29, 0.717) is 26.4 Å². The Morgan fingerprint density at radius 2 is 1.03 bits per heavy atom. The van der Waals surface area contributed by atoms with Crippen LogP contribution in [0.3, 0.4) is 0 Å². The number of unbranched alkanes of at least 4 members (excludes halogenated alkanes) is 2. The molecule has 62 heavy (non-hydrogen) atoms. The number of hydrogen-bond acceptors (Lipinski definition) is 11. The van der Waals surface area contributed by atoms with Gasteiger partial charge in [0, 0.05) is 111 Å². The number of nitrogen functional groups attached to an aromatic ring is 1. The number of ether oxygens (including phenoxy) is 4. The van der Waals surface area contributed by atoms with Crippen molar-refractivity contribution < 1.29 is 23.9 Å². The molecule has 14 nitrogen and oxygen atoms in total. The summed E-state index contributed by atoms with van der Waals surface area (Å²) in [7, 11) is 0. The molecule has 10 rings (SSSR count). The number of hydrogen-bond donors (Lipinski definition) is 3. The van der Waals surface area contributed by atoms with Crippen LogP contribution in [0.15, 0.2) is 85.2 Å². The summed E-state index contributed by atoms with van der Waals surface area (Å²) in [6.07, 6.45) is 10.5. The fraction of sp³-hybridized carbons (Fsp3) is 0.417. The molecule has 0 atom stereocenters. The van der Waals surface area contributed by atoms with E-state index in [4.69, 9.17) is 24.7 Å². The van der Waals surface area contributed by atoms with Crippen molar-refractivity contribution in [1.29, 1.82) is 0 Å². The molecule has 14 heteroatoms. The van der Waals surface area contributed by atoms with Crippen LogP contribution in [0.1, 0.15) is 36.8 Å². The van der Waals surface area contributed by atoms with Crippen LogP contribution in [0.4, 0.5) is 22.7 Å². The highest BCUT2D eigenvalue weighted by Gasteiger charge is 2.22. The number of anilines is 3. The fourth-order valence-corrected chi connectivity index (χ4v) is 9.29. The number of nitro benzene ring substituents is 1. The molecule has 4 N–H and O–H groups in total. The molecule has 0 unspecified atom stereocenters. The van der Waals surface area contributed by atoms with Crippen molar-refractivity contribution in [3.8, 4) is 23.0 Å². The molecule has 4 aromatic carbocycles. The number of fused-ring (bicyclic) bond motifs is 4. The minimum Gasteiger partial charge on any atom is -0.486 e. The van der Waals surface area contributed by atoms with E-state index < -0.39 is 0 Å². The number of benzene rings is 4. The van der Waals surface area contributed by atoms with Crippen LogP contribution in [0.5, 0.6) is 23.0 Å². The quantitative estimate of drug-likeness (QED) is 0.0455. The number of aryl methyl sites for hydroxylation is 2. The van der Waals surface area contributed by atoms with Crippen molar-refractivity contribution in [3.63, 3.8) is 0 Å². The van der Waals surface area contributed by atoms with Gasteiger partial charge in [-0.1, -0.05) is 12.1 Å². The van der Waals surface area contributed by atoms with E-state index in [0.717, 1.165) is 142 Å². The van der Waals surface area contributed by atoms with Gasteiger partial charge >= 0.3 is 0 Å². The summed E-state index contributed by atoms with van der Waals surface area (Å²) in [5.41, 5.74) is 14.0. The van der Waals surface area contributed by atoms with Gasteiger partial charge in [0.2, 0.25) is 0 Å². The lowest BCUT2D eigenvalue weighted by Gasteiger charge is -2.36. The third kappa shape index (κ3) is 9.51. The number of aromatic amines is 2. The highest BCUT2D eigenvalue weighted by atomic mass is 16.6. The standard InChI is InChI=1S/C24H28N4O4.C24H30N4O2/c29-28(30)21-6-3-5-20-24(21)18(17-25-20)4-1-2-9-26-10-12-27(13-11-26)19-7-8-22-23(16-19)32-15-14-31-22;25-20-5-3-6-21-24(20)18(17-26-21)4-1-2-9-27-10-12-28(13-11-27)19-7-8-22-23(16-19)30-15-14-29-22/h3,5-8,16-17,25H,1-2,4,9-15H2;3,5-8,16-17,26H,1-2,4,9-15,25H2. The second-order valence-corrected chi connectivity index (χ2v) is 16.6. The molecule has 2 saturated heterocycles. The van der Waals surface area contributed by atoms with E-state index in [1.54, 1.807) is 12.1 Å². The molecule has 0 radical (unpaired) electrons. The molecule has 4 aliphatic rings. The summed E-state index contributed by atoms with van der Waals surface area (Å²) >= 11 is 0. The number of non-ortho nitro benzene ring substituents is 1. The zero-order valence-electron chi connectivity index (χ0n) is 35.5. The Kier molecular flexibility index (Phi) is 12.8. The monoisotopic (exact) mass is 842 g/mol. The van der Waals surface area contributed by atoms with E-state index in [1.165, 1.54) is 35.2 Å². The molecule has 2 aromatic heterocycles. The van der Waals surface area contributed by atoms with E-state index >= 15 is 0 Å². The highest BCUT2D eigenvalue weighted by molar-refractivity contribution is 5.94. The second-order valence-electron chi connectivity index (χ2n) is 16.6. The summed E-state index contributed by atoms with van der Waals surface area (Å²) in [6, 6.07) is 23.8. The van der Waals surface area contributed by atoms with Crippen molar-refractivity contribution in [2.75, 3.05) is 107 Å². The molecule has 6 aromatic rings. The van der Waals surface area contributed by atoms with Crippen LogP contribution in [0.25, 0.3) is 21.8 Å². The molecule has 0 amide bonds. The number of nitrogens with two attached hydrogens (primary N) is 1. The molecule has 0 aliphatic carbocycles. The van der Waals surface area contributed by atoms with E-state index in [-0.39, 0.29) is 10.6 Å². The van der Waals surface area contributed by atoms with Crippen LogP contribution in [0.2, 0.25) is 0 Å². The molecule has 0 saturated carbocycles. The van der Waals surface area contributed by atoms with Crippen LogP contribution >= 0.6 is 0 Å². The third-order valence-corrected chi connectivity index (χ3v) is 12.6. The number of piperazine rings is 2. The normalized spacial score (nSPS) is 16.6. The molecule has 326 valence electrons. The first kappa shape index (κ1) is 41.2. The number of nitrogens with one attached hydrogen (secondary N) is 2. The predicted octanol–water partition coefficient (Wildman–Crippen LogP) is 7.66. The van der Waals surface area contributed by atoms with Gasteiger partial charge in [-0.05, 0) is 105 Å². The SMILES string of the molecule is Nc1cccc2[nH]cc(CCCCN3CCN(c4ccc5c(c4)OCCO5)CC3)c12.O=[N+]([O-])c1cccc2[nH]cc(CCCCN3CCN(c4ccc5c(c4)OCCO5)CC3)c12. The molecular weight excluding hydrogens is 785 g/mol. The van der Waals surface area contributed by atoms with Crippen LogP contribution in [-0.2, 0) is 12.8 Å². The number of nitro groups is 1. The molecule has 2 fully saturated rings. The largest absolute Gasteiger partial charge is 0.486 e. The Morgan fingerprint density at radius 1 is 0.565 bits per heavy atom. The topological polar surface area (TPSA) is 151 Å². The molecule has 0 spiro atoms. The minimum absolute atomic E-state index is 0.189. The van der Waals surface area contributed by atoms with Gasteiger partial charge in [0.15, 0.2) is 23.0 Å². The zero-order chi connectivity index (χ0) is 42.3. The first-order valence-electron chi connectivity index (χ1n) is 22.3. The smallest absolute Gasteiger partial charge is 0.279 e. The van der Waals surface area contributed by atoms with E-state index in [9.17, 15) is 10.1 Å². The van der Waals surface area contributed by atoms with Crippen molar-refractivity contribution in [2.45, 2.75) is 38.5 Å². The van der Waals surface area contributed by atoms with Crippen molar-refractivity contribution in [3.05, 3.63) is 106 Å². The van der Waals surface area contributed by atoms with Crippen LogP contribution in [0, 0.1) is 10.1 Å². The summed E-state index contributed by atoms with van der Waals surface area (Å²) < 4.78 is 22.7. The van der Waals surface area contributed by atoms with Gasteiger partial charge in [-0.3, -0.25) is 19.9 Å². The molecule has 6 heterocycles. The lowest BCUT2D eigenvalue weighted by molar-refractivity contribution is -0.383. The minimum atomic E-state index is -0.291. The van der Waals surface area contributed by atoms with Crippen LogP contribution in [-0.4, -0.2) is 117 Å². The Balaban J connectivity index is 0.000000158. The Morgan fingerprint density at radius 3 is 1.55 bits per heavy atom. The second kappa shape index (κ2) is 19.3. The van der Waals surface area contributed by atoms with Crippen molar-refractivity contribution in [2.24, 2.45) is 0 Å². The lowest BCUT2D eigenvalue weighted by atomic mass is 10.1. The number of nitrogens with zero attached hydrogens (tertiary/aromatic N) is 5. The first-order valence-corrected chi connectivity index (χ1v) is 22.3. The summed E-state index contributed by atoms with van der Waals surface area (Å²) in [5.74, 6) is 3.41. The lowest BCUT2D eigenvalue weighted by Crippen LogP contribution is -2.46. The number of rotatable bonds is 13. The van der Waals surface area contributed by atoms with Crippen molar-refractivity contribution >= 4 is 44.6 Å². The number of H-pyrrole nitrogens is 2. The van der Waals surface area contributed by atoms with Gasteiger partial charge in [0.25, 0.3) is 5.69 Å². The summed E-state index contributed by atoms with van der Waals surface area (Å²) in [4.78, 5) is 27.5. The predicted molar refractivity (Wildman–Crippen MR) is 246 cm³/mol. The Labute approximate surface area is 362 Å². The third-order valence-electron chi connectivity index (χ3n) is 12.6. The van der Waals surface area contributed by atoms with E-state index in [2.05, 4.69) is 66.1 Å². The first-order chi connectivity index (χ1) is 30.5. The summed E-state index contributed by atoms with van der Waals surface area (Å²) in [6.45, 7) is 13.1. The van der Waals surface area contributed by atoms with Crippen LogP contribution < -0.4 is 34.5 Å². The van der Waals surface area contributed by atoms with Gasteiger partial charge in [0.1, 0.15) is 26.4 Å². The highest BCUT2D eigenvalue weighted by Crippen LogP contribution is 2.36. The van der Waals surface area contributed by atoms with Gasteiger partial charge < -0.3 is 44.4 Å². The van der Waals surface area contributed by atoms with Gasteiger partial charge in [-0.15, -0.1) is 0 Å². The van der Waals surface area contributed by atoms with E-state index in [1.807, 2.05) is 36.5 Å².